The van der Waals surface area contributed by atoms with Gasteiger partial charge >= 0.3 is 0 Å². The second kappa shape index (κ2) is 7.69. The lowest BCUT2D eigenvalue weighted by molar-refractivity contribution is 0.0988. The SMILES string of the molecule is CCc1cc(C(=O)Cc2sc(S(=O)(=O)c3ccccc3)c(C)c2C(N)=O)n[nH]1. The van der Waals surface area contributed by atoms with Crippen LogP contribution in [0.15, 0.2) is 45.5 Å². The standard InChI is InChI=1S/C19H19N3O4S2/c1-3-12-9-14(22-21-12)15(23)10-16-17(18(20)24)11(2)19(27-16)28(25,26)13-7-5-4-6-8-13/h4-9H,3,10H2,1-2H3,(H2,20,24)(H,21,22). The van der Waals surface area contributed by atoms with Crippen molar-refractivity contribution in [3.63, 3.8) is 0 Å². The monoisotopic (exact) mass is 417 g/mol. The molecule has 1 aromatic carbocycles. The van der Waals surface area contributed by atoms with Crippen molar-refractivity contribution >= 4 is 32.9 Å². The van der Waals surface area contributed by atoms with Gasteiger partial charge in [0, 0.05) is 17.0 Å². The lowest BCUT2D eigenvalue weighted by atomic mass is 10.1. The van der Waals surface area contributed by atoms with E-state index in [1.807, 2.05) is 6.92 Å². The Balaban J connectivity index is 2.04. The zero-order chi connectivity index (χ0) is 20.5. The maximum absolute atomic E-state index is 13.0. The fourth-order valence-electron chi connectivity index (χ4n) is 2.88. The Hall–Kier alpha value is -2.78. The highest BCUT2D eigenvalue weighted by Gasteiger charge is 2.29. The maximum atomic E-state index is 13.0. The molecule has 0 aliphatic rings. The van der Waals surface area contributed by atoms with E-state index in [1.165, 1.54) is 19.1 Å². The van der Waals surface area contributed by atoms with E-state index >= 15 is 0 Å². The number of sulfone groups is 1. The summed E-state index contributed by atoms with van der Waals surface area (Å²) in [6.45, 7) is 3.46. The van der Waals surface area contributed by atoms with Crippen molar-refractivity contribution in [3.8, 4) is 0 Å². The number of aromatic nitrogens is 2. The molecule has 0 fully saturated rings. The molecule has 9 heteroatoms. The zero-order valence-corrected chi connectivity index (χ0v) is 17.0. The van der Waals surface area contributed by atoms with Crippen molar-refractivity contribution in [2.24, 2.45) is 5.73 Å². The molecular formula is C19H19N3O4S2. The van der Waals surface area contributed by atoms with Gasteiger partial charge in [-0.1, -0.05) is 25.1 Å². The van der Waals surface area contributed by atoms with Crippen molar-refractivity contribution in [1.29, 1.82) is 0 Å². The van der Waals surface area contributed by atoms with Crippen LogP contribution in [0, 0.1) is 6.92 Å². The van der Waals surface area contributed by atoms with E-state index in [1.54, 1.807) is 24.3 Å². The molecule has 0 saturated heterocycles. The minimum Gasteiger partial charge on any atom is -0.366 e. The fourth-order valence-corrected chi connectivity index (χ4v) is 6.18. The van der Waals surface area contributed by atoms with Gasteiger partial charge < -0.3 is 5.73 Å². The third kappa shape index (κ3) is 3.63. The molecule has 0 aliphatic carbocycles. The first-order chi connectivity index (χ1) is 13.3. The summed E-state index contributed by atoms with van der Waals surface area (Å²) in [7, 11) is -3.83. The van der Waals surface area contributed by atoms with Crippen LogP contribution in [0.1, 0.15) is 43.9 Å². The van der Waals surface area contributed by atoms with E-state index in [-0.39, 0.29) is 38.1 Å². The molecule has 7 nitrogen and oxygen atoms in total. The zero-order valence-electron chi connectivity index (χ0n) is 15.4. The summed E-state index contributed by atoms with van der Waals surface area (Å²) in [6, 6.07) is 9.58. The highest BCUT2D eigenvalue weighted by molar-refractivity contribution is 7.93. The van der Waals surface area contributed by atoms with E-state index in [4.69, 9.17) is 5.73 Å². The number of nitrogens with zero attached hydrogens (tertiary/aromatic N) is 1. The summed E-state index contributed by atoms with van der Waals surface area (Å²) in [5.74, 6) is -1.08. The average molecular weight is 418 g/mol. The van der Waals surface area contributed by atoms with E-state index in [2.05, 4.69) is 10.2 Å². The molecule has 0 saturated carbocycles. The number of nitrogens with one attached hydrogen (secondary N) is 1. The quantitative estimate of drug-likeness (QED) is 0.572. The predicted molar refractivity (Wildman–Crippen MR) is 105 cm³/mol. The van der Waals surface area contributed by atoms with Crippen molar-refractivity contribution in [3.05, 3.63) is 63.8 Å². The number of hydrogen-bond donors (Lipinski definition) is 2. The average Bonchev–Trinajstić information content (AvgIpc) is 3.27. The number of aryl methyl sites for hydroxylation is 1. The first-order valence-electron chi connectivity index (χ1n) is 8.55. The number of primary amides is 1. The summed E-state index contributed by atoms with van der Waals surface area (Å²) in [6.07, 6.45) is 0.548. The minimum absolute atomic E-state index is 0.0200. The molecule has 3 rings (SSSR count). The Morgan fingerprint density at radius 3 is 2.46 bits per heavy atom. The highest BCUT2D eigenvalue weighted by atomic mass is 32.2. The summed E-state index contributed by atoms with van der Waals surface area (Å²) in [4.78, 5) is 25.0. The minimum atomic E-state index is -3.83. The summed E-state index contributed by atoms with van der Waals surface area (Å²) in [5, 5.41) is 6.75. The van der Waals surface area contributed by atoms with Crippen LogP contribution >= 0.6 is 11.3 Å². The molecule has 28 heavy (non-hydrogen) atoms. The van der Waals surface area contributed by atoms with E-state index in [0.717, 1.165) is 17.0 Å². The molecule has 2 aromatic heterocycles. The number of carbonyl (C=O) groups is 2. The Morgan fingerprint density at radius 1 is 1.21 bits per heavy atom. The predicted octanol–water partition coefficient (Wildman–Crippen LogP) is 2.70. The number of H-pyrrole nitrogens is 1. The van der Waals surface area contributed by atoms with Gasteiger partial charge in [0.2, 0.25) is 15.7 Å². The molecule has 0 atom stereocenters. The van der Waals surface area contributed by atoms with Gasteiger partial charge in [-0.2, -0.15) is 5.10 Å². The lowest BCUT2D eigenvalue weighted by Gasteiger charge is -2.03. The molecule has 0 radical (unpaired) electrons. The largest absolute Gasteiger partial charge is 0.366 e. The number of thiophene rings is 1. The summed E-state index contributed by atoms with van der Waals surface area (Å²) >= 11 is 0.904. The second-order valence-electron chi connectivity index (χ2n) is 6.23. The molecule has 0 aliphatic heterocycles. The third-order valence-electron chi connectivity index (χ3n) is 4.34. The molecule has 1 amide bonds. The van der Waals surface area contributed by atoms with E-state index in [0.29, 0.717) is 11.3 Å². The van der Waals surface area contributed by atoms with Crippen LogP contribution in [0.2, 0.25) is 0 Å². The van der Waals surface area contributed by atoms with Crippen molar-refractivity contribution in [1.82, 2.24) is 10.2 Å². The number of hydrogen-bond acceptors (Lipinski definition) is 6. The second-order valence-corrected chi connectivity index (χ2v) is 9.48. The Kier molecular flexibility index (Phi) is 5.48. The van der Waals surface area contributed by atoms with Gasteiger partial charge in [-0.3, -0.25) is 14.7 Å². The van der Waals surface area contributed by atoms with Crippen LogP contribution in [-0.2, 0) is 22.7 Å². The molecule has 146 valence electrons. The van der Waals surface area contributed by atoms with Gasteiger partial charge in [-0.05, 0) is 37.1 Å². The molecule has 3 N–H and O–H groups in total. The van der Waals surface area contributed by atoms with Crippen LogP contribution in [0.25, 0.3) is 0 Å². The highest BCUT2D eigenvalue weighted by Crippen LogP contribution is 2.36. The first kappa shape index (κ1) is 20.0. The number of aromatic amines is 1. The smallest absolute Gasteiger partial charge is 0.250 e. The number of amides is 1. The molecule has 0 spiro atoms. The Labute approximate surface area is 166 Å². The number of benzene rings is 1. The van der Waals surface area contributed by atoms with Crippen LogP contribution in [0.4, 0.5) is 0 Å². The maximum Gasteiger partial charge on any atom is 0.250 e. The van der Waals surface area contributed by atoms with Crippen molar-refractivity contribution in [2.75, 3.05) is 0 Å². The topological polar surface area (TPSA) is 123 Å². The normalized spacial score (nSPS) is 11.5. The summed E-state index contributed by atoms with van der Waals surface area (Å²) in [5.41, 5.74) is 6.89. The first-order valence-corrected chi connectivity index (χ1v) is 10.8. The van der Waals surface area contributed by atoms with Crippen LogP contribution < -0.4 is 5.73 Å². The van der Waals surface area contributed by atoms with Crippen LogP contribution in [0.3, 0.4) is 0 Å². The van der Waals surface area contributed by atoms with E-state index in [9.17, 15) is 18.0 Å². The van der Waals surface area contributed by atoms with Gasteiger partial charge in [0.05, 0.1) is 10.5 Å². The van der Waals surface area contributed by atoms with Gasteiger partial charge in [0.1, 0.15) is 9.90 Å². The fraction of sp³-hybridized carbons (Fsp3) is 0.211. The number of rotatable bonds is 7. The van der Waals surface area contributed by atoms with Crippen molar-refractivity contribution < 1.29 is 18.0 Å². The molecule has 0 bridgehead atoms. The van der Waals surface area contributed by atoms with Gasteiger partial charge in [0.25, 0.3) is 0 Å². The Morgan fingerprint density at radius 2 is 1.89 bits per heavy atom. The number of carbonyl (C=O) groups excluding carboxylic acids is 2. The number of Topliss-reactive ketones (excluding diaryl/α,β-unsaturated/α-hetero) is 1. The van der Waals surface area contributed by atoms with E-state index < -0.39 is 15.7 Å². The third-order valence-corrected chi connectivity index (χ3v) is 8.02. The van der Waals surface area contributed by atoms with Crippen LogP contribution in [-0.4, -0.2) is 30.3 Å². The molecule has 3 aromatic rings. The van der Waals surface area contributed by atoms with Crippen LogP contribution in [0.5, 0.6) is 0 Å². The summed E-state index contributed by atoms with van der Waals surface area (Å²) < 4.78 is 26.0. The Bertz CT molecular complexity index is 1150. The lowest BCUT2D eigenvalue weighted by Crippen LogP contribution is -2.15. The molecule has 2 heterocycles. The molecule has 0 unspecified atom stereocenters. The number of ketones is 1. The molecular weight excluding hydrogens is 398 g/mol. The number of nitrogens with two attached hydrogens (primary N) is 1. The van der Waals surface area contributed by atoms with Crippen molar-refractivity contribution in [2.45, 2.75) is 35.8 Å². The van der Waals surface area contributed by atoms with Gasteiger partial charge in [-0.15, -0.1) is 11.3 Å². The van der Waals surface area contributed by atoms with Gasteiger partial charge in [0.15, 0.2) is 5.78 Å². The van der Waals surface area contributed by atoms with Gasteiger partial charge in [-0.25, -0.2) is 8.42 Å².